The highest BCUT2D eigenvalue weighted by atomic mass is 19.4. The molecule has 1 saturated heterocycles. The van der Waals surface area contributed by atoms with Gasteiger partial charge in [0.15, 0.2) is 0 Å². The number of halogens is 3. The highest BCUT2D eigenvalue weighted by Gasteiger charge is 2.37. The van der Waals surface area contributed by atoms with Gasteiger partial charge in [-0.2, -0.15) is 13.2 Å². The van der Waals surface area contributed by atoms with Gasteiger partial charge in [0.25, 0.3) is 0 Å². The summed E-state index contributed by atoms with van der Waals surface area (Å²) < 4.78 is 47.0. The predicted molar refractivity (Wildman–Crippen MR) is 46.4 cm³/mol. The second kappa shape index (κ2) is 3.41. The van der Waals surface area contributed by atoms with E-state index in [1.807, 2.05) is 0 Å². The van der Waals surface area contributed by atoms with Gasteiger partial charge in [0, 0.05) is 0 Å². The number of hydrogen-bond acceptors (Lipinski definition) is 2. The lowest BCUT2D eigenvalue weighted by Crippen LogP contribution is -2.06. The molecule has 2 unspecified atom stereocenters. The van der Waals surface area contributed by atoms with Crippen LogP contribution in [0.5, 0.6) is 5.75 Å². The van der Waals surface area contributed by atoms with E-state index in [1.165, 1.54) is 12.1 Å². The fourth-order valence-electron chi connectivity index (χ4n) is 1.17. The Morgan fingerprint density at radius 3 is 2.53 bits per heavy atom. The smallest absolute Gasteiger partial charge is 0.416 e. The van der Waals surface area contributed by atoms with Crippen molar-refractivity contribution >= 4 is 0 Å². The van der Waals surface area contributed by atoms with Gasteiger partial charge in [-0.1, -0.05) is 6.07 Å². The Labute approximate surface area is 84.6 Å². The Bertz CT molecular complexity index is 362. The summed E-state index contributed by atoms with van der Waals surface area (Å²) >= 11 is 0. The molecular formula is C10H9F3O2. The number of epoxide rings is 1. The summed E-state index contributed by atoms with van der Waals surface area (Å²) in [5, 5.41) is 0. The molecule has 1 heterocycles. The Hall–Kier alpha value is -1.23. The Morgan fingerprint density at radius 2 is 2.00 bits per heavy atom. The molecule has 5 heteroatoms. The first-order valence-corrected chi connectivity index (χ1v) is 4.46. The normalized spacial score (nSPS) is 25.1. The minimum atomic E-state index is -4.34. The quantitative estimate of drug-likeness (QED) is 0.712. The largest absolute Gasteiger partial charge is 0.462 e. The maximum absolute atomic E-state index is 12.3. The summed E-state index contributed by atoms with van der Waals surface area (Å²) in [6.07, 6.45) is -4.79. The van der Waals surface area contributed by atoms with Crippen molar-refractivity contribution in [3.8, 4) is 5.75 Å². The zero-order valence-corrected chi connectivity index (χ0v) is 7.91. The molecule has 0 spiro atoms. The summed E-state index contributed by atoms with van der Waals surface area (Å²) in [6, 6.07) is 4.76. The lowest BCUT2D eigenvalue weighted by molar-refractivity contribution is -0.137. The van der Waals surface area contributed by atoms with Crippen molar-refractivity contribution in [2.75, 3.05) is 0 Å². The molecule has 2 rings (SSSR count). The van der Waals surface area contributed by atoms with Gasteiger partial charge in [-0.25, -0.2) is 0 Å². The van der Waals surface area contributed by atoms with Crippen LogP contribution in [-0.4, -0.2) is 12.4 Å². The van der Waals surface area contributed by atoms with Crippen molar-refractivity contribution in [1.29, 1.82) is 0 Å². The van der Waals surface area contributed by atoms with Gasteiger partial charge in [-0.3, -0.25) is 0 Å². The van der Waals surface area contributed by atoms with Crippen LogP contribution in [0, 0.1) is 0 Å². The third kappa shape index (κ3) is 2.41. The summed E-state index contributed by atoms with van der Waals surface area (Å²) in [7, 11) is 0. The van der Waals surface area contributed by atoms with Gasteiger partial charge in [-0.05, 0) is 25.1 Å². The van der Waals surface area contributed by atoms with Crippen LogP contribution >= 0.6 is 0 Å². The molecule has 0 aliphatic carbocycles. The SMILES string of the molecule is CC1OC1Oc1cccc(C(F)(F)F)c1. The fourth-order valence-corrected chi connectivity index (χ4v) is 1.17. The fraction of sp³-hybridized carbons (Fsp3) is 0.400. The van der Waals surface area contributed by atoms with Crippen LogP contribution in [0.25, 0.3) is 0 Å². The maximum Gasteiger partial charge on any atom is 0.416 e. The molecule has 0 radical (unpaired) electrons. The van der Waals surface area contributed by atoms with Crippen LogP contribution in [0.4, 0.5) is 13.2 Å². The molecule has 0 amide bonds. The topological polar surface area (TPSA) is 21.8 Å². The molecule has 0 bridgehead atoms. The first-order valence-electron chi connectivity index (χ1n) is 4.46. The van der Waals surface area contributed by atoms with Crippen molar-refractivity contribution in [1.82, 2.24) is 0 Å². The predicted octanol–water partition coefficient (Wildman–Crippen LogP) is 2.83. The van der Waals surface area contributed by atoms with Crippen molar-refractivity contribution in [3.63, 3.8) is 0 Å². The van der Waals surface area contributed by atoms with Gasteiger partial charge in [-0.15, -0.1) is 0 Å². The highest BCUT2D eigenvalue weighted by molar-refractivity contribution is 5.30. The van der Waals surface area contributed by atoms with Gasteiger partial charge in [0.2, 0.25) is 6.29 Å². The molecule has 2 atom stereocenters. The minimum absolute atomic E-state index is 0.0421. The first-order chi connectivity index (χ1) is 6.97. The molecule has 1 aromatic carbocycles. The Morgan fingerprint density at radius 1 is 1.33 bits per heavy atom. The lowest BCUT2D eigenvalue weighted by atomic mass is 10.2. The van der Waals surface area contributed by atoms with E-state index < -0.39 is 18.0 Å². The van der Waals surface area contributed by atoms with Crippen LogP contribution in [0.3, 0.4) is 0 Å². The van der Waals surface area contributed by atoms with E-state index in [1.54, 1.807) is 6.92 Å². The van der Waals surface area contributed by atoms with Gasteiger partial charge in [0.05, 0.1) is 5.56 Å². The van der Waals surface area contributed by atoms with Crippen molar-refractivity contribution in [2.45, 2.75) is 25.5 Å². The number of alkyl halides is 3. The summed E-state index contributed by atoms with van der Waals surface area (Å²) in [6.45, 7) is 1.79. The molecule has 1 aliphatic rings. The van der Waals surface area contributed by atoms with Gasteiger partial charge < -0.3 is 9.47 Å². The first kappa shape index (κ1) is 10.3. The monoisotopic (exact) mass is 218 g/mol. The number of ether oxygens (including phenoxy) is 2. The third-order valence-corrected chi connectivity index (χ3v) is 2.07. The van der Waals surface area contributed by atoms with Crippen LogP contribution in [0.1, 0.15) is 12.5 Å². The molecule has 82 valence electrons. The van der Waals surface area contributed by atoms with E-state index in [0.29, 0.717) is 0 Å². The maximum atomic E-state index is 12.3. The van der Waals surface area contributed by atoms with Gasteiger partial charge >= 0.3 is 6.18 Å². The molecule has 2 nitrogen and oxygen atoms in total. The Kier molecular flexibility index (Phi) is 2.34. The average Bonchev–Trinajstić information content (AvgIpc) is 2.81. The molecule has 0 N–H and O–H groups in total. The van der Waals surface area contributed by atoms with E-state index in [9.17, 15) is 13.2 Å². The highest BCUT2D eigenvalue weighted by Crippen LogP contribution is 2.33. The van der Waals surface area contributed by atoms with Gasteiger partial charge in [0.1, 0.15) is 11.9 Å². The summed E-state index contributed by atoms with van der Waals surface area (Å²) in [5.41, 5.74) is -0.715. The van der Waals surface area contributed by atoms with E-state index in [-0.39, 0.29) is 11.9 Å². The summed E-state index contributed by atoms with van der Waals surface area (Å²) in [5.74, 6) is 0.180. The Balaban J connectivity index is 2.12. The van der Waals surface area contributed by atoms with Crippen molar-refractivity contribution in [3.05, 3.63) is 29.8 Å². The second-order valence-corrected chi connectivity index (χ2v) is 3.35. The zero-order valence-electron chi connectivity index (χ0n) is 7.91. The number of hydrogen-bond donors (Lipinski definition) is 0. The molecule has 1 aromatic rings. The standard InChI is InChI=1S/C10H9F3O2/c1-6-9(14-6)15-8-4-2-3-7(5-8)10(11,12)13/h2-6,9H,1H3. The van der Waals surface area contributed by atoms with E-state index in [2.05, 4.69) is 0 Å². The van der Waals surface area contributed by atoms with E-state index in [0.717, 1.165) is 12.1 Å². The van der Waals surface area contributed by atoms with Crippen molar-refractivity contribution in [2.24, 2.45) is 0 Å². The molecule has 1 aliphatic heterocycles. The second-order valence-electron chi connectivity index (χ2n) is 3.35. The zero-order chi connectivity index (χ0) is 11.1. The molecular weight excluding hydrogens is 209 g/mol. The van der Waals surface area contributed by atoms with Crippen molar-refractivity contribution < 1.29 is 22.6 Å². The van der Waals surface area contributed by atoms with Crippen LogP contribution < -0.4 is 4.74 Å². The lowest BCUT2D eigenvalue weighted by Gasteiger charge is -2.08. The van der Waals surface area contributed by atoms with E-state index >= 15 is 0 Å². The molecule has 1 fully saturated rings. The molecule has 15 heavy (non-hydrogen) atoms. The van der Waals surface area contributed by atoms with Crippen LogP contribution in [0.2, 0.25) is 0 Å². The summed E-state index contributed by atoms with van der Waals surface area (Å²) in [4.78, 5) is 0. The molecule has 0 aromatic heterocycles. The number of benzene rings is 1. The number of rotatable bonds is 2. The average molecular weight is 218 g/mol. The van der Waals surface area contributed by atoms with Crippen LogP contribution in [0.15, 0.2) is 24.3 Å². The minimum Gasteiger partial charge on any atom is -0.462 e. The molecule has 0 saturated carbocycles. The van der Waals surface area contributed by atoms with Crippen LogP contribution in [-0.2, 0) is 10.9 Å². The third-order valence-electron chi connectivity index (χ3n) is 2.07. The van der Waals surface area contributed by atoms with E-state index in [4.69, 9.17) is 9.47 Å².